The van der Waals surface area contributed by atoms with Gasteiger partial charge in [-0.25, -0.2) is 0 Å². The molecule has 4 heteroatoms. The fourth-order valence-corrected chi connectivity index (χ4v) is 9.23. The van der Waals surface area contributed by atoms with E-state index in [2.05, 4.69) is 239 Å². The number of furan rings is 1. The van der Waals surface area contributed by atoms with Gasteiger partial charge in [-0.05, 0) is 125 Å². The Morgan fingerprint density at radius 1 is 0.323 bits per heavy atom. The molecule has 0 spiro atoms. The number of fused-ring (bicyclic) bond motifs is 7. The minimum atomic E-state index is 0.870. The van der Waals surface area contributed by atoms with E-state index in [9.17, 15) is 0 Å². The Balaban J connectivity index is 0.930. The molecule has 0 aliphatic carbocycles. The second kappa shape index (κ2) is 14.7. The molecule has 2 heterocycles. The van der Waals surface area contributed by atoms with Gasteiger partial charge in [-0.1, -0.05) is 133 Å². The summed E-state index contributed by atoms with van der Waals surface area (Å²) >= 11 is 0. The Hall–Kier alpha value is -8.34. The molecular weight excluding hydrogens is 755 g/mol. The molecular formula is C58H39N3O. The number of aromatic nitrogens is 1. The summed E-state index contributed by atoms with van der Waals surface area (Å²) in [4.78, 5) is 4.64. The first-order valence-corrected chi connectivity index (χ1v) is 21.1. The third kappa shape index (κ3) is 6.00. The predicted molar refractivity (Wildman–Crippen MR) is 260 cm³/mol. The molecule has 0 bridgehead atoms. The van der Waals surface area contributed by atoms with Crippen LogP contribution in [-0.4, -0.2) is 4.57 Å². The molecule has 2 aromatic heterocycles. The Morgan fingerprint density at radius 2 is 0.839 bits per heavy atom. The van der Waals surface area contributed by atoms with Gasteiger partial charge in [0.25, 0.3) is 0 Å². The summed E-state index contributed by atoms with van der Waals surface area (Å²) in [5, 5.41) is 7.13. The van der Waals surface area contributed by atoms with Crippen LogP contribution in [0.4, 0.5) is 34.1 Å². The van der Waals surface area contributed by atoms with E-state index in [0.29, 0.717) is 0 Å². The van der Waals surface area contributed by atoms with Crippen molar-refractivity contribution in [3.63, 3.8) is 0 Å². The molecule has 62 heavy (non-hydrogen) atoms. The van der Waals surface area contributed by atoms with E-state index in [4.69, 9.17) is 4.42 Å². The van der Waals surface area contributed by atoms with E-state index in [0.717, 1.165) is 72.9 Å². The van der Waals surface area contributed by atoms with Crippen molar-refractivity contribution in [2.45, 2.75) is 0 Å². The number of benzene rings is 10. The molecule has 0 unspecified atom stereocenters. The summed E-state index contributed by atoms with van der Waals surface area (Å²) in [7, 11) is 0. The summed E-state index contributed by atoms with van der Waals surface area (Å²) in [5.41, 5.74) is 14.0. The summed E-state index contributed by atoms with van der Waals surface area (Å²) in [6.07, 6.45) is 0. The van der Waals surface area contributed by atoms with Crippen LogP contribution < -0.4 is 9.80 Å². The minimum absolute atomic E-state index is 0.870. The zero-order valence-corrected chi connectivity index (χ0v) is 33.8. The second-order valence-corrected chi connectivity index (χ2v) is 15.8. The Kier molecular flexibility index (Phi) is 8.46. The van der Waals surface area contributed by atoms with Crippen molar-refractivity contribution in [3.05, 3.63) is 237 Å². The minimum Gasteiger partial charge on any atom is -0.454 e. The molecule has 12 aromatic rings. The maximum Gasteiger partial charge on any atom is 0.159 e. The standard InChI is InChI=1S/C58H39N3O/c1-4-17-44(18-5-1)59(49-35-36-54-53(39-49)52-37-42-15-10-11-16-43(42)38-56(52)61(54)46-21-8-3-9-22-46)47-31-27-40(28-32-47)41-29-33-48(34-30-41)60(45-19-6-2-7-20-45)55-25-14-24-51-50-23-12-13-26-57(50)62-58(51)55/h1-39H. The van der Waals surface area contributed by atoms with Crippen LogP contribution in [0.1, 0.15) is 0 Å². The summed E-state index contributed by atoms with van der Waals surface area (Å²) in [6, 6.07) is 84.5. The van der Waals surface area contributed by atoms with Gasteiger partial charge in [0.05, 0.1) is 16.7 Å². The van der Waals surface area contributed by atoms with Gasteiger partial charge in [-0.3, -0.25) is 0 Å². The van der Waals surface area contributed by atoms with Crippen molar-refractivity contribution in [1.29, 1.82) is 0 Å². The lowest BCUT2D eigenvalue weighted by Gasteiger charge is -2.26. The normalized spacial score (nSPS) is 11.5. The van der Waals surface area contributed by atoms with Crippen LogP contribution in [0.2, 0.25) is 0 Å². The first-order valence-electron chi connectivity index (χ1n) is 21.1. The van der Waals surface area contributed by atoms with E-state index < -0.39 is 0 Å². The van der Waals surface area contributed by atoms with Gasteiger partial charge < -0.3 is 18.8 Å². The van der Waals surface area contributed by atoms with Crippen molar-refractivity contribution in [2.24, 2.45) is 0 Å². The lowest BCUT2D eigenvalue weighted by molar-refractivity contribution is 0.669. The predicted octanol–water partition coefficient (Wildman–Crippen LogP) is 16.4. The zero-order valence-electron chi connectivity index (χ0n) is 33.8. The fraction of sp³-hybridized carbons (Fsp3) is 0. The summed E-state index contributed by atoms with van der Waals surface area (Å²) < 4.78 is 8.92. The number of anilines is 6. The van der Waals surface area contributed by atoms with Crippen LogP contribution >= 0.6 is 0 Å². The molecule has 0 amide bonds. The Labute approximate surface area is 359 Å². The van der Waals surface area contributed by atoms with Crippen LogP contribution in [0.5, 0.6) is 0 Å². The SMILES string of the molecule is c1ccc(N(c2ccc(-c3ccc(N(c4ccccc4)c4cccc5c4oc4ccccc45)cc3)cc2)c2ccc3c(c2)c2cc4ccccc4cc2n3-c2ccccc2)cc1. The Morgan fingerprint density at radius 3 is 1.53 bits per heavy atom. The smallest absolute Gasteiger partial charge is 0.159 e. The van der Waals surface area contributed by atoms with Crippen molar-refractivity contribution in [3.8, 4) is 16.8 Å². The van der Waals surface area contributed by atoms with Crippen molar-refractivity contribution >= 4 is 88.6 Å². The maximum atomic E-state index is 6.52. The molecule has 292 valence electrons. The van der Waals surface area contributed by atoms with Crippen molar-refractivity contribution in [2.75, 3.05) is 9.80 Å². The molecule has 0 radical (unpaired) electrons. The third-order valence-corrected chi connectivity index (χ3v) is 12.1. The lowest BCUT2D eigenvalue weighted by Crippen LogP contribution is -2.10. The number of nitrogens with zero attached hydrogens (tertiary/aromatic N) is 3. The molecule has 0 aliphatic rings. The van der Waals surface area contributed by atoms with Crippen LogP contribution in [0, 0.1) is 0 Å². The quantitative estimate of drug-likeness (QED) is 0.153. The van der Waals surface area contributed by atoms with Crippen LogP contribution in [0.15, 0.2) is 241 Å². The van der Waals surface area contributed by atoms with E-state index in [1.54, 1.807) is 0 Å². The fourth-order valence-electron chi connectivity index (χ4n) is 9.23. The second-order valence-electron chi connectivity index (χ2n) is 15.8. The van der Waals surface area contributed by atoms with Gasteiger partial charge >= 0.3 is 0 Å². The molecule has 10 aromatic carbocycles. The Bertz CT molecular complexity index is 3560. The van der Waals surface area contributed by atoms with Crippen LogP contribution in [0.3, 0.4) is 0 Å². The van der Waals surface area contributed by atoms with Gasteiger partial charge in [-0.2, -0.15) is 0 Å². The molecule has 0 saturated heterocycles. The monoisotopic (exact) mass is 793 g/mol. The van der Waals surface area contributed by atoms with E-state index >= 15 is 0 Å². The first kappa shape index (κ1) is 35.6. The molecule has 12 rings (SSSR count). The number of para-hydroxylation sites is 5. The van der Waals surface area contributed by atoms with Gasteiger partial charge in [0, 0.05) is 55.7 Å². The highest BCUT2D eigenvalue weighted by Gasteiger charge is 2.21. The molecule has 4 nitrogen and oxygen atoms in total. The van der Waals surface area contributed by atoms with Crippen molar-refractivity contribution < 1.29 is 4.42 Å². The van der Waals surface area contributed by atoms with Gasteiger partial charge in [0.2, 0.25) is 0 Å². The summed E-state index contributed by atoms with van der Waals surface area (Å²) in [5.74, 6) is 0. The zero-order chi connectivity index (χ0) is 41.0. The molecule has 0 aliphatic heterocycles. The van der Waals surface area contributed by atoms with E-state index in [-0.39, 0.29) is 0 Å². The van der Waals surface area contributed by atoms with Gasteiger partial charge in [-0.15, -0.1) is 0 Å². The maximum absolute atomic E-state index is 6.52. The molecule has 0 saturated carbocycles. The van der Waals surface area contributed by atoms with Crippen molar-refractivity contribution in [1.82, 2.24) is 4.57 Å². The highest BCUT2D eigenvalue weighted by Crippen LogP contribution is 2.44. The first-order chi connectivity index (χ1) is 30.7. The highest BCUT2D eigenvalue weighted by molar-refractivity contribution is 6.15. The average molecular weight is 794 g/mol. The molecule has 0 fully saturated rings. The number of hydrogen-bond acceptors (Lipinski definition) is 3. The van der Waals surface area contributed by atoms with E-state index in [1.165, 1.54) is 32.6 Å². The van der Waals surface area contributed by atoms with Gasteiger partial charge in [0.1, 0.15) is 5.58 Å². The number of rotatable bonds is 8. The largest absolute Gasteiger partial charge is 0.454 e. The molecule has 0 N–H and O–H groups in total. The van der Waals surface area contributed by atoms with E-state index in [1.807, 2.05) is 12.1 Å². The lowest BCUT2D eigenvalue weighted by atomic mass is 10.0. The van der Waals surface area contributed by atoms with Gasteiger partial charge in [0.15, 0.2) is 5.58 Å². The number of hydrogen-bond donors (Lipinski definition) is 0. The molecule has 0 atom stereocenters. The summed E-state index contributed by atoms with van der Waals surface area (Å²) in [6.45, 7) is 0. The van der Waals surface area contributed by atoms with Crippen LogP contribution in [-0.2, 0) is 0 Å². The highest BCUT2D eigenvalue weighted by atomic mass is 16.3. The van der Waals surface area contributed by atoms with Crippen LogP contribution in [0.25, 0.3) is 71.3 Å². The topological polar surface area (TPSA) is 24.6 Å². The third-order valence-electron chi connectivity index (χ3n) is 12.1. The average Bonchev–Trinajstić information content (AvgIpc) is 3.88.